The van der Waals surface area contributed by atoms with Gasteiger partial charge in [-0.05, 0) is 63.1 Å². The van der Waals surface area contributed by atoms with Gasteiger partial charge in [-0.25, -0.2) is 0 Å². The molecule has 0 aliphatic rings. The van der Waals surface area contributed by atoms with Gasteiger partial charge in [-0.3, -0.25) is 9.59 Å². The fraction of sp³-hybridized carbons (Fsp3) is 0.310. The lowest BCUT2D eigenvalue weighted by Crippen LogP contribution is -2.55. The number of ether oxygens (including phenoxy) is 1. The normalized spacial score (nSPS) is 12.0. The molecule has 0 saturated carbocycles. The summed E-state index contributed by atoms with van der Waals surface area (Å²) in [4.78, 5) is 28.7. The minimum Gasteiger partial charge on any atom is -0.484 e. The monoisotopic (exact) mass is 492 g/mol. The maximum atomic E-state index is 13.6. The van der Waals surface area contributed by atoms with E-state index >= 15 is 0 Å². The van der Waals surface area contributed by atoms with E-state index in [4.69, 9.17) is 16.3 Å². The number of hydrogen-bond acceptors (Lipinski definition) is 3. The topological polar surface area (TPSA) is 58.6 Å². The van der Waals surface area contributed by atoms with Crippen molar-refractivity contribution in [3.63, 3.8) is 0 Å². The van der Waals surface area contributed by atoms with Crippen LogP contribution in [0.3, 0.4) is 0 Å². The second kappa shape index (κ2) is 11.9. The zero-order valence-corrected chi connectivity index (χ0v) is 21.5. The van der Waals surface area contributed by atoms with Crippen molar-refractivity contribution < 1.29 is 14.3 Å². The number of rotatable bonds is 9. The number of halogens is 1. The molecule has 0 aliphatic heterocycles. The molecule has 6 heteroatoms. The van der Waals surface area contributed by atoms with Crippen LogP contribution in [0.25, 0.3) is 0 Å². The van der Waals surface area contributed by atoms with Crippen LogP contribution >= 0.6 is 11.6 Å². The molecule has 0 spiro atoms. The van der Waals surface area contributed by atoms with Crippen LogP contribution in [0.5, 0.6) is 5.75 Å². The minimum atomic E-state index is -0.709. The number of hydrogen-bond donors (Lipinski definition) is 1. The molecule has 0 heterocycles. The number of benzene rings is 3. The van der Waals surface area contributed by atoms with Gasteiger partial charge < -0.3 is 15.0 Å². The lowest BCUT2D eigenvalue weighted by atomic mass is 10.0. The van der Waals surface area contributed by atoms with Crippen molar-refractivity contribution >= 4 is 23.4 Å². The van der Waals surface area contributed by atoms with Gasteiger partial charge in [-0.1, -0.05) is 71.8 Å². The molecule has 35 heavy (non-hydrogen) atoms. The summed E-state index contributed by atoms with van der Waals surface area (Å²) in [6, 6.07) is 23.9. The third kappa shape index (κ3) is 8.45. The lowest BCUT2D eigenvalue weighted by molar-refractivity contribution is -0.143. The minimum absolute atomic E-state index is 0.193. The molecule has 0 saturated heterocycles. The highest BCUT2D eigenvalue weighted by atomic mass is 35.5. The molecule has 1 atom stereocenters. The fourth-order valence-corrected chi connectivity index (χ4v) is 3.78. The van der Waals surface area contributed by atoms with Crippen molar-refractivity contribution in [2.24, 2.45) is 0 Å². The molecule has 184 valence electrons. The van der Waals surface area contributed by atoms with E-state index in [9.17, 15) is 9.59 Å². The largest absolute Gasteiger partial charge is 0.484 e. The Morgan fingerprint density at radius 1 is 0.914 bits per heavy atom. The predicted molar refractivity (Wildman–Crippen MR) is 141 cm³/mol. The van der Waals surface area contributed by atoms with Gasteiger partial charge in [-0.15, -0.1) is 0 Å². The molecular formula is C29H33ClN2O3. The molecule has 0 fully saturated rings. The molecule has 0 aliphatic carbocycles. The highest BCUT2D eigenvalue weighted by Crippen LogP contribution is 2.19. The lowest BCUT2D eigenvalue weighted by Gasteiger charge is -2.33. The Morgan fingerprint density at radius 3 is 2.14 bits per heavy atom. The maximum absolute atomic E-state index is 13.6. The summed E-state index contributed by atoms with van der Waals surface area (Å²) in [6.07, 6.45) is 0.390. The van der Waals surface area contributed by atoms with Gasteiger partial charge >= 0.3 is 0 Å². The Bertz CT molecular complexity index is 1110. The third-order valence-corrected chi connectivity index (χ3v) is 5.67. The Balaban J connectivity index is 1.91. The van der Waals surface area contributed by atoms with Gasteiger partial charge in [0.05, 0.1) is 0 Å². The van der Waals surface area contributed by atoms with Crippen LogP contribution in [0.1, 0.15) is 37.5 Å². The molecule has 3 aromatic rings. The van der Waals surface area contributed by atoms with Gasteiger partial charge in [0.15, 0.2) is 6.61 Å². The highest BCUT2D eigenvalue weighted by molar-refractivity contribution is 6.30. The molecule has 3 rings (SSSR count). The smallest absolute Gasteiger partial charge is 0.261 e. The number of aryl methyl sites for hydroxylation is 1. The Morgan fingerprint density at radius 2 is 1.54 bits per heavy atom. The van der Waals surface area contributed by atoms with Crippen molar-refractivity contribution in [3.05, 3.63) is 101 Å². The first-order chi connectivity index (χ1) is 16.6. The standard InChI is InChI=1S/C29H33ClN2O3/c1-21-10-12-23(13-11-21)19-32(27(33)20-35-25-16-14-24(30)15-17-25)26(28(34)31-29(2,3)4)18-22-8-6-5-7-9-22/h5-17,26H,18-20H2,1-4H3,(H,31,34)/t26-/m0/s1. The molecule has 0 radical (unpaired) electrons. The summed E-state index contributed by atoms with van der Waals surface area (Å²) in [7, 11) is 0. The van der Waals surface area contributed by atoms with E-state index in [0.29, 0.717) is 17.2 Å². The number of nitrogens with zero attached hydrogens (tertiary/aromatic N) is 1. The van der Waals surface area contributed by atoms with Crippen LogP contribution in [0.4, 0.5) is 0 Å². The van der Waals surface area contributed by atoms with Crippen molar-refractivity contribution in [2.75, 3.05) is 6.61 Å². The maximum Gasteiger partial charge on any atom is 0.261 e. The molecule has 5 nitrogen and oxygen atoms in total. The van der Waals surface area contributed by atoms with Gasteiger partial charge in [0.2, 0.25) is 5.91 Å². The average Bonchev–Trinajstić information content (AvgIpc) is 2.81. The summed E-state index contributed by atoms with van der Waals surface area (Å²) < 4.78 is 5.76. The summed E-state index contributed by atoms with van der Waals surface area (Å²) in [5.74, 6) is 0.0654. The summed E-state index contributed by atoms with van der Waals surface area (Å²) in [5, 5.41) is 3.65. The summed E-state index contributed by atoms with van der Waals surface area (Å²) in [6.45, 7) is 7.90. The SMILES string of the molecule is Cc1ccc(CN(C(=O)COc2ccc(Cl)cc2)[C@@H](Cc2ccccc2)C(=O)NC(C)(C)C)cc1. The van der Waals surface area contributed by atoms with Gasteiger partial charge in [0.25, 0.3) is 5.91 Å². The van der Waals surface area contributed by atoms with E-state index < -0.39 is 11.6 Å². The second-order valence-electron chi connectivity index (χ2n) is 9.69. The summed E-state index contributed by atoms with van der Waals surface area (Å²) >= 11 is 5.96. The van der Waals surface area contributed by atoms with Crippen molar-refractivity contribution in [1.29, 1.82) is 0 Å². The number of carbonyl (C=O) groups is 2. The number of nitrogens with one attached hydrogen (secondary N) is 1. The molecule has 1 N–H and O–H groups in total. The second-order valence-corrected chi connectivity index (χ2v) is 10.1. The van der Waals surface area contributed by atoms with Crippen LogP contribution in [0, 0.1) is 6.92 Å². The predicted octanol–water partition coefficient (Wildman–Crippen LogP) is 5.58. The van der Waals surface area contributed by atoms with E-state index in [1.807, 2.05) is 82.3 Å². The Labute approximate surface area is 213 Å². The zero-order chi connectivity index (χ0) is 25.4. The Hall–Kier alpha value is -3.31. The van der Waals surface area contributed by atoms with E-state index in [1.54, 1.807) is 29.2 Å². The quantitative estimate of drug-likeness (QED) is 0.424. The third-order valence-electron chi connectivity index (χ3n) is 5.42. The van der Waals surface area contributed by atoms with Crippen LogP contribution in [0.15, 0.2) is 78.9 Å². The molecule has 0 unspecified atom stereocenters. The highest BCUT2D eigenvalue weighted by Gasteiger charge is 2.32. The summed E-state index contributed by atoms with van der Waals surface area (Å²) in [5.41, 5.74) is 2.60. The zero-order valence-electron chi connectivity index (χ0n) is 20.8. The average molecular weight is 493 g/mol. The molecule has 2 amide bonds. The van der Waals surface area contributed by atoms with Crippen molar-refractivity contribution in [2.45, 2.75) is 52.2 Å². The van der Waals surface area contributed by atoms with E-state index in [0.717, 1.165) is 16.7 Å². The van der Waals surface area contributed by atoms with E-state index in [-0.39, 0.29) is 25.0 Å². The number of amides is 2. The molecular weight excluding hydrogens is 460 g/mol. The van der Waals surface area contributed by atoms with Crippen LogP contribution < -0.4 is 10.1 Å². The van der Waals surface area contributed by atoms with Crippen LogP contribution in [0.2, 0.25) is 5.02 Å². The first-order valence-corrected chi connectivity index (χ1v) is 12.1. The van der Waals surface area contributed by atoms with Gasteiger partial charge in [0.1, 0.15) is 11.8 Å². The molecule has 3 aromatic carbocycles. The van der Waals surface area contributed by atoms with Crippen molar-refractivity contribution in [3.8, 4) is 5.75 Å². The van der Waals surface area contributed by atoms with E-state index in [2.05, 4.69) is 5.32 Å². The van der Waals surface area contributed by atoms with Gasteiger partial charge in [0, 0.05) is 23.5 Å². The van der Waals surface area contributed by atoms with Gasteiger partial charge in [-0.2, -0.15) is 0 Å². The van der Waals surface area contributed by atoms with E-state index in [1.165, 1.54) is 0 Å². The van der Waals surface area contributed by atoms with Crippen molar-refractivity contribution in [1.82, 2.24) is 10.2 Å². The molecule has 0 bridgehead atoms. The fourth-order valence-electron chi connectivity index (χ4n) is 3.66. The first-order valence-electron chi connectivity index (χ1n) is 11.7. The first kappa shape index (κ1) is 26.3. The number of carbonyl (C=O) groups excluding carboxylic acids is 2. The Kier molecular flexibility index (Phi) is 8.94. The molecule has 0 aromatic heterocycles. The van der Waals surface area contributed by atoms with Crippen LogP contribution in [-0.4, -0.2) is 34.9 Å². The van der Waals surface area contributed by atoms with Crippen LogP contribution in [-0.2, 0) is 22.6 Å².